The van der Waals surface area contributed by atoms with Gasteiger partial charge < -0.3 is 10.6 Å². The summed E-state index contributed by atoms with van der Waals surface area (Å²) in [4.78, 5) is 19.9. The molecule has 1 aromatic heterocycles. The first kappa shape index (κ1) is 13.5. The zero-order chi connectivity index (χ0) is 13.2. The van der Waals surface area contributed by atoms with Crippen LogP contribution in [0.3, 0.4) is 0 Å². The Hall–Kier alpha value is -0.910. The largest absolute Gasteiger partial charge is 0.319 e. The van der Waals surface area contributed by atoms with Gasteiger partial charge in [0.15, 0.2) is 10.3 Å². The summed E-state index contributed by atoms with van der Waals surface area (Å²) in [6.45, 7) is 2.82. The standard InChI is InChI=1S/C11H14Cl2N4O/c1-2-11(4-3-5-16-11)10(18)17-7-8(12)14-6-15-9(7)13/h6,16H,2-5H2,1H3,(H,17,18). The molecule has 0 aromatic carbocycles. The topological polar surface area (TPSA) is 66.9 Å². The van der Waals surface area contributed by atoms with Gasteiger partial charge in [0.1, 0.15) is 12.0 Å². The number of carbonyl (C=O) groups excluding carboxylic acids is 1. The third-order valence-electron chi connectivity index (χ3n) is 3.28. The SMILES string of the molecule is CCC1(C(=O)Nc2c(Cl)ncnc2Cl)CCCN1. The lowest BCUT2D eigenvalue weighted by atomic mass is 9.93. The van der Waals surface area contributed by atoms with E-state index in [-0.39, 0.29) is 21.9 Å². The van der Waals surface area contributed by atoms with E-state index in [1.807, 2.05) is 6.92 Å². The summed E-state index contributed by atoms with van der Waals surface area (Å²) in [7, 11) is 0. The number of anilines is 1. The molecule has 0 spiro atoms. The molecular formula is C11H14Cl2N4O. The molecule has 1 fully saturated rings. The van der Waals surface area contributed by atoms with E-state index >= 15 is 0 Å². The molecule has 1 aliphatic heterocycles. The molecule has 1 amide bonds. The van der Waals surface area contributed by atoms with Crippen molar-refractivity contribution in [1.29, 1.82) is 0 Å². The van der Waals surface area contributed by atoms with E-state index in [2.05, 4.69) is 20.6 Å². The molecule has 2 rings (SSSR count). The Labute approximate surface area is 115 Å². The summed E-state index contributed by atoms with van der Waals surface area (Å²) in [6, 6.07) is 0. The van der Waals surface area contributed by atoms with Crippen LogP contribution in [0, 0.1) is 0 Å². The molecule has 1 unspecified atom stereocenters. The van der Waals surface area contributed by atoms with Crippen LogP contribution in [-0.4, -0.2) is 28.0 Å². The number of nitrogens with zero attached hydrogens (tertiary/aromatic N) is 2. The monoisotopic (exact) mass is 288 g/mol. The Morgan fingerprint density at radius 2 is 2.17 bits per heavy atom. The van der Waals surface area contributed by atoms with Crippen molar-refractivity contribution in [2.24, 2.45) is 0 Å². The van der Waals surface area contributed by atoms with E-state index in [0.29, 0.717) is 6.42 Å². The van der Waals surface area contributed by atoms with Crippen LogP contribution in [0.2, 0.25) is 10.3 Å². The molecule has 5 nitrogen and oxygen atoms in total. The highest BCUT2D eigenvalue weighted by Gasteiger charge is 2.39. The maximum absolute atomic E-state index is 12.3. The van der Waals surface area contributed by atoms with Gasteiger partial charge in [0.05, 0.1) is 5.54 Å². The summed E-state index contributed by atoms with van der Waals surface area (Å²) in [5.74, 6) is -0.138. The van der Waals surface area contributed by atoms with Crippen LogP contribution in [0.4, 0.5) is 5.69 Å². The lowest BCUT2D eigenvalue weighted by Gasteiger charge is -2.26. The molecule has 0 saturated carbocycles. The van der Waals surface area contributed by atoms with Crippen LogP contribution in [0.5, 0.6) is 0 Å². The van der Waals surface area contributed by atoms with E-state index in [4.69, 9.17) is 23.2 Å². The zero-order valence-corrected chi connectivity index (χ0v) is 11.5. The number of nitrogens with one attached hydrogen (secondary N) is 2. The third kappa shape index (κ3) is 2.43. The van der Waals surface area contributed by atoms with Gasteiger partial charge in [0, 0.05) is 0 Å². The predicted octanol–water partition coefficient (Wildman–Crippen LogP) is 2.25. The molecular weight excluding hydrogens is 275 g/mol. The van der Waals surface area contributed by atoms with Crippen molar-refractivity contribution < 1.29 is 4.79 Å². The van der Waals surface area contributed by atoms with Gasteiger partial charge in [0.25, 0.3) is 0 Å². The minimum Gasteiger partial charge on any atom is -0.319 e. The first-order chi connectivity index (χ1) is 8.59. The summed E-state index contributed by atoms with van der Waals surface area (Å²) >= 11 is 11.8. The molecule has 18 heavy (non-hydrogen) atoms. The van der Waals surface area contributed by atoms with Crippen LogP contribution in [0.15, 0.2) is 6.33 Å². The summed E-state index contributed by atoms with van der Waals surface area (Å²) < 4.78 is 0. The lowest BCUT2D eigenvalue weighted by molar-refractivity contribution is -0.122. The Balaban J connectivity index is 2.21. The Bertz CT molecular complexity index is 440. The molecule has 7 heteroatoms. The summed E-state index contributed by atoms with van der Waals surface area (Å²) in [6.07, 6.45) is 3.75. The maximum atomic E-state index is 12.3. The molecule has 0 aliphatic carbocycles. The number of hydrogen-bond donors (Lipinski definition) is 2. The second-order valence-electron chi connectivity index (χ2n) is 4.25. The van der Waals surface area contributed by atoms with Crippen molar-refractivity contribution in [3.63, 3.8) is 0 Å². The zero-order valence-electron chi connectivity index (χ0n) is 9.96. The Morgan fingerprint density at radius 1 is 1.50 bits per heavy atom. The van der Waals surface area contributed by atoms with E-state index in [9.17, 15) is 4.79 Å². The van der Waals surface area contributed by atoms with Crippen LogP contribution >= 0.6 is 23.2 Å². The molecule has 98 valence electrons. The van der Waals surface area contributed by atoms with Gasteiger partial charge in [-0.3, -0.25) is 4.79 Å². The normalized spacial score (nSPS) is 23.1. The van der Waals surface area contributed by atoms with E-state index < -0.39 is 5.54 Å². The molecule has 1 aliphatic rings. The summed E-state index contributed by atoms with van der Waals surface area (Å²) in [5, 5.41) is 6.25. The molecule has 1 aromatic rings. The maximum Gasteiger partial charge on any atom is 0.244 e. The number of amides is 1. The van der Waals surface area contributed by atoms with Gasteiger partial charge in [-0.2, -0.15) is 0 Å². The summed E-state index contributed by atoms with van der Waals surface area (Å²) in [5.41, 5.74) is -0.268. The quantitative estimate of drug-likeness (QED) is 0.838. The number of rotatable bonds is 3. The van der Waals surface area contributed by atoms with Crippen molar-refractivity contribution in [2.75, 3.05) is 11.9 Å². The smallest absolute Gasteiger partial charge is 0.244 e. The lowest BCUT2D eigenvalue weighted by Crippen LogP contribution is -2.50. The van der Waals surface area contributed by atoms with Crippen LogP contribution in [-0.2, 0) is 4.79 Å². The molecule has 1 saturated heterocycles. The molecule has 0 radical (unpaired) electrons. The second-order valence-corrected chi connectivity index (χ2v) is 4.97. The van der Waals surface area contributed by atoms with Gasteiger partial charge in [0.2, 0.25) is 5.91 Å². The minimum atomic E-state index is -0.539. The number of carbonyl (C=O) groups is 1. The van der Waals surface area contributed by atoms with Gasteiger partial charge in [-0.05, 0) is 25.8 Å². The Kier molecular flexibility index (Phi) is 4.04. The first-order valence-corrected chi connectivity index (χ1v) is 6.57. The fourth-order valence-electron chi connectivity index (χ4n) is 2.14. The number of hydrogen-bond acceptors (Lipinski definition) is 4. The van der Waals surface area contributed by atoms with E-state index in [0.717, 1.165) is 19.4 Å². The van der Waals surface area contributed by atoms with Crippen molar-refractivity contribution in [3.8, 4) is 0 Å². The minimum absolute atomic E-state index is 0.138. The van der Waals surface area contributed by atoms with Crippen molar-refractivity contribution >= 4 is 34.8 Å². The fourth-order valence-corrected chi connectivity index (χ4v) is 2.55. The molecule has 2 N–H and O–H groups in total. The van der Waals surface area contributed by atoms with Crippen LogP contribution in [0.1, 0.15) is 26.2 Å². The Morgan fingerprint density at radius 3 is 2.67 bits per heavy atom. The molecule has 0 bridgehead atoms. The fraction of sp³-hybridized carbons (Fsp3) is 0.545. The van der Waals surface area contributed by atoms with Crippen LogP contribution in [0.25, 0.3) is 0 Å². The highest BCUT2D eigenvalue weighted by molar-refractivity contribution is 6.38. The number of halogens is 2. The van der Waals surface area contributed by atoms with Crippen molar-refractivity contribution in [2.45, 2.75) is 31.7 Å². The van der Waals surface area contributed by atoms with E-state index in [1.165, 1.54) is 6.33 Å². The first-order valence-electron chi connectivity index (χ1n) is 5.81. The highest BCUT2D eigenvalue weighted by Crippen LogP contribution is 2.29. The van der Waals surface area contributed by atoms with Gasteiger partial charge >= 0.3 is 0 Å². The van der Waals surface area contributed by atoms with Crippen molar-refractivity contribution in [3.05, 3.63) is 16.6 Å². The third-order valence-corrected chi connectivity index (χ3v) is 3.85. The van der Waals surface area contributed by atoms with Gasteiger partial charge in [-0.1, -0.05) is 30.1 Å². The van der Waals surface area contributed by atoms with E-state index in [1.54, 1.807) is 0 Å². The van der Waals surface area contributed by atoms with Gasteiger partial charge in [-0.25, -0.2) is 9.97 Å². The van der Waals surface area contributed by atoms with Crippen molar-refractivity contribution in [1.82, 2.24) is 15.3 Å². The average Bonchev–Trinajstić information content (AvgIpc) is 2.84. The second kappa shape index (κ2) is 5.38. The van der Waals surface area contributed by atoms with Gasteiger partial charge in [-0.15, -0.1) is 0 Å². The number of aromatic nitrogens is 2. The molecule has 2 heterocycles. The predicted molar refractivity (Wildman–Crippen MR) is 70.9 cm³/mol. The highest BCUT2D eigenvalue weighted by atomic mass is 35.5. The molecule has 1 atom stereocenters. The average molecular weight is 289 g/mol. The van der Waals surface area contributed by atoms with Crippen LogP contribution < -0.4 is 10.6 Å².